The summed E-state index contributed by atoms with van der Waals surface area (Å²) in [4.78, 5) is 17.2. The van der Waals surface area contributed by atoms with Crippen molar-refractivity contribution in [3.8, 4) is 0 Å². The number of nitrogens with zero attached hydrogens (tertiary/aromatic N) is 2. The third kappa shape index (κ3) is 3.78. The van der Waals surface area contributed by atoms with Crippen LogP contribution >= 0.6 is 0 Å². The summed E-state index contributed by atoms with van der Waals surface area (Å²) in [5.41, 5.74) is 2.14. The minimum Gasteiger partial charge on any atom is -0.363 e. The Bertz CT molecular complexity index is 836. The number of halogens is 1. The van der Waals surface area contributed by atoms with Gasteiger partial charge < -0.3 is 9.80 Å². The molecule has 4 rings (SSSR count). The second kappa shape index (κ2) is 7.57. The number of hydrogen-bond donors (Lipinski definition) is 0. The van der Waals surface area contributed by atoms with Gasteiger partial charge in [-0.15, -0.1) is 0 Å². The first-order chi connectivity index (χ1) is 13.4. The highest BCUT2D eigenvalue weighted by Crippen LogP contribution is 2.44. The Kier molecular flexibility index (Phi) is 5.13. The van der Waals surface area contributed by atoms with Crippen LogP contribution in [0.3, 0.4) is 0 Å². The minimum absolute atomic E-state index is 0.0355. The highest BCUT2D eigenvalue weighted by atomic mass is 19.1. The van der Waals surface area contributed by atoms with E-state index in [0.717, 1.165) is 38.0 Å². The first-order valence-corrected chi connectivity index (χ1v) is 10.3. The van der Waals surface area contributed by atoms with Gasteiger partial charge in [0.1, 0.15) is 5.82 Å². The quantitative estimate of drug-likeness (QED) is 0.770. The summed E-state index contributed by atoms with van der Waals surface area (Å²) < 4.78 is 13.8. The molecule has 4 heteroatoms. The molecular weight excluding hydrogens is 351 g/mol. The van der Waals surface area contributed by atoms with Gasteiger partial charge in [0.25, 0.3) is 0 Å². The summed E-state index contributed by atoms with van der Waals surface area (Å²) in [6.45, 7) is 6.07. The molecule has 0 aromatic heterocycles. The fraction of sp³-hybridized carbons (Fsp3) is 0.458. The smallest absolute Gasteiger partial charge is 0.222 e. The van der Waals surface area contributed by atoms with E-state index in [2.05, 4.69) is 35.8 Å². The maximum absolute atomic E-state index is 13.8. The van der Waals surface area contributed by atoms with Gasteiger partial charge in [-0.05, 0) is 62.8 Å². The van der Waals surface area contributed by atoms with Crippen molar-refractivity contribution >= 4 is 11.6 Å². The van der Waals surface area contributed by atoms with Crippen LogP contribution in [0.4, 0.5) is 10.1 Å². The molecule has 0 aliphatic carbocycles. The molecule has 2 aliphatic rings. The average molecular weight is 381 g/mol. The number of likely N-dealkylation sites (tertiary alicyclic amines) is 1. The highest BCUT2D eigenvalue weighted by molar-refractivity contribution is 5.76. The third-order valence-corrected chi connectivity index (χ3v) is 6.35. The van der Waals surface area contributed by atoms with E-state index in [1.807, 2.05) is 24.3 Å². The zero-order valence-electron chi connectivity index (χ0n) is 16.8. The fourth-order valence-electron chi connectivity index (χ4n) is 5.20. The first kappa shape index (κ1) is 19.0. The van der Waals surface area contributed by atoms with E-state index < -0.39 is 0 Å². The molecule has 0 radical (unpaired) electrons. The van der Waals surface area contributed by atoms with E-state index >= 15 is 0 Å². The number of carbonyl (C=O) groups is 1. The van der Waals surface area contributed by atoms with Gasteiger partial charge in [0.15, 0.2) is 0 Å². The molecule has 2 fully saturated rings. The molecular formula is C24H29FN2O. The lowest BCUT2D eigenvalue weighted by atomic mass is 9.89. The molecule has 2 saturated heterocycles. The van der Waals surface area contributed by atoms with Crippen molar-refractivity contribution in [2.45, 2.75) is 51.1 Å². The van der Waals surface area contributed by atoms with Crippen molar-refractivity contribution in [2.24, 2.45) is 5.92 Å². The highest BCUT2D eigenvalue weighted by Gasteiger charge is 2.48. The number of carbonyl (C=O) groups excluding carboxylic acids is 1. The Balaban J connectivity index is 1.43. The predicted octanol–water partition coefficient (Wildman–Crippen LogP) is 4.66. The van der Waals surface area contributed by atoms with Gasteiger partial charge in [0, 0.05) is 36.8 Å². The van der Waals surface area contributed by atoms with Crippen molar-refractivity contribution in [1.29, 1.82) is 0 Å². The molecule has 1 amide bonds. The molecule has 0 N–H and O–H groups in total. The van der Waals surface area contributed by atoms with Crippen molar-refractivity contribution in [1.82, 2.24) is 4.90 Å². The Morgan fingerprint density at radius 2 is 1.93 bits per heavy atom. The zero-order valence-corrected chi connectivity index (χ0v) is 16.8. The minimum atomic E-state index is -0.190. The number of piperidine rings is 1. The SMILES string of the molecule is CC1(C)C[C@@H]2CN(C(=O)CCc3ccccc3)CC[C@@H]2N1c1cccc(F)c1. The molecule has 0 spiro atoms. The Labute approximate surface area is 167 Å². The number of rotatable bonds is 4. The Morgan fingerprint density at radius 3 is 2.68 bits per heavy atom. The largest absolute Gasteiger partial charge is 0.363 e. The molecule has 3 nitrogen and oxygen atoms in total. The molecule has 2 atom stereocenters. The van der Waals surface area contributed by atoms with E-state index in [-0.39, 0.29) is 17.3 Å². The number of amides is 1. The third-order valence-electron chi connectivity index (χ3n) is 6.35. The van der Waals surface area contributed by atoms with Gasteiger partial charge >= 0.3 is 0 Å². The van der Waals surface area contributed by atoms with Gasteiger partial charge in [-0.3, -0.25) is 4.79 Å². The molecule has 2 heterocycles. The van der Waals surface area contributed by atoms with Gasteiger partial charge in [-0.1, -0.05) is 36.4 Å². The van der Waals surface area contributed by atoms with Crippen LogP contribution in [0.15, 0.2) is 54.6 Å². The number of aryl methyl sites for hydroxylation is 1. The van der Waals surface area contributed by atoms with E-state index in [0.29, 0.717) is 18.4 Å². The van der Waals surface area contributed by atoms with Crippen LogP contribution in [-0.4, -0.2) is 35.5 Å². The van der Waals surface area contributed by atoms with E-state index in [1.54, 1.807) is 12.1 Å². The molecule has 0 unspecified atom stereocenters. The second-order valence-corrected chi connectivity index (χ2v) is 8.81. The summed E-state index contributed by atoms with van der Waals surface area (Å²) in [7, 11) is 0. The van der Waals surface area contributed by atoms with E-state index in [4.69, 9.17) is 0 Å². The normalized spacial score (nSPS) is 23.5. The summed E-state index contributed by atoms with van der Waals surface area (Å²) >= 11 is 0. The van der Waals surface area contributed by atoms with Gasteiger partial charge in [0.05, 0.1) is 0 Å². The average Bonchev–Trinajstić information content (AvgIpc) is 2.95. The van der Waals surface area contributed by atoms with Crippen LogP contribution in [0.2, 0.25) is 0 Å². The number of fused-ring (bicyclic) bond motifs is 1. The van der Waals surface area contributed by atoms with Crippen LogP contribution in [-0.2, 0) is 11.2 Å². The lowest BCUT2D eigenvalue weighted by Crippen LogP contribution is -2.50. The summed E-state index contributed by atoms with van der Waals surface area (Å²) in [6.07, 6.45) is 3.34. The molecule has 2 aromatic rings. The lowest BCUT2D eigenvalue weighted by molar-refractivity contribution is -0.133. The van der Waals surface area contributed by atoms with Crippen LogP contribution in [0.1, 0.15) is 38.7 Å². The fourth-order valence-corrected chi connectivity index (χ4v) is 5.20. The summed E-state index contributed by atoms with van der Waals surface area (Å²) in [6, 6.07) is 17.5. The van der Waals surface area contributed by atoms with Crippen molar-refractivity contribution in [3.63, 3.8) is 0 Å². The molecule has 28 heavy (non-hydrogen) atoms. The number of hydrogen-bond acceptors (Lipinski definition) is 2. The van der Waals surface area contributed by atoms with Crippen LogP contribution in [0, 0.1) is 11.7 Å². The van der Waals surface area contributed by atoms with E-state index in [1.165, 1.54) is 11.6 Å². The summed E-state index contributed by atoms with van der Waals surface area (Å²) in [5, 5.41) is 0. The van der Waals surface area contributed by atoms with Crippen LogP contribution < -0.4 is 4.90 Å². The molecule has 0 bridgehead atoms. The van der Waals surface area contributed by atoms with Gasteiger partial charge in [-0.25, -0.2) is 4.39 Å². The van der Waals surface area contributed by atoms with E-state index in [9.17, 15) is 9.18 Å². The maximum Gasteiger partial charge on any atom is 0.222 e. The predicted molar refractivity (Wildman–Crippen MR) is 111 cm³/mol. The molecule has 2 aromatic carbocycles. The van der Waals surface area contributed by atoms with Crippen LogP contribution in [0.5, 0.6) is 0 Å². The summed E-state index contributed by atoms with van der Waals surface area (Å²) in [5.74, 6) is 0.502. The number of anilines is 1. The molecule has 2 aliphatic heterocycles. The monoisotopic (exact) mass is 380 g/mol. The Morgan fingerprint density at radius 1 is 1.14 bits per heavy atom. The van der Waals surface area contributed by atoms with Crippen molar-refractivity contribution < 1.29 is 9.18 Å². The maximum atomic E-state index is 13.8. The van der Waals surface area contributed by atoms with Crippen molar-refractivity contribution in [2.75, 3.05) is 18.0 Å². The van der Waals surface area contributed by atoms with Crippen LogP contribution in [0.25, 0.3) is 0 Å². The zero-order chi connectivity index (χ0) is 19.7. The standard InChI is InChI=1S/C24H29FN2O/c1-24(2)16-19-17-26(23(28)12-11-18-7-4-3-5-8-18)14-13-22(19)27(24)21-10-6-9-20(25)15-21/h3-10,15,19,22H,11-14,16-17H2,1-2H3/t19-,22+/m1/s1. The van der Waals surface area contributed by atoms with Gasteiger partial charge in [-0.2, -0.15) is 0 Å². The Hall–Kier alpha value is -2.36. The van der Waals surface area contributed by atoms with Gasteiger partial charge in [0.2, 0.25) is 5.91 Å². The second-order valence-electron chi connectivity index (χ2n) is 8.81. The number of benzene rings is 2. The first-order valence-electron chi connectivity index (χ1n) is 10.3. The molecule has 0 saturated carbocycles. The lowest BCUT2D eigenvalue weighted by Gasteiger charge is -2.42. The molecule has 148 valence electrons. The topological polar surface area (TPSA) is 23.6 Å². The van der Waals surface area contributed by atoms with Crippen molar-refractivity contribution in [3.05, 3.63) is 66.0 Å².